The molecule has 0 radical (unpaired) electrons. The average molecular weight is 346 g/mol. The molecule has 136 valence electrons. The van der Waals surface area contributed by atoms with Crippen LogP contribution in [0, 0.1) is 0 Å². The van der Waals surface area contributed by atoms with E-state index in [1.54, 1.807) is 4.90 Å². The third-order valence-corrected chi connectivity index (χ3v) is 9.29. The highest BCUT2D eigenvalue weighted by Gasteiger charge is 2.40. The number of likely N-dealkylation sites (tertiary alicyclic amines) is 1. The molecule has 5 nitrogen and oxygen atoms in total. The maximum absolute atomic E-state index is 12.3. The molecule has 0 aromatic rings. The Kier molecular flexibility index (Phi) is 6.32. The van der Waals surface area contributed by atoms with Gasteiger partial charge in [-0.05, 0) is 51.7 Å². The lowest BCUT2D eigenvalue weighted by Crippen LogP contribution is -2.49. The lowest BCUT2D eigenvalue weighted by atomic mass is 10.1. The van der Waals surface area contributed by atoms with Gasteiger partial charge in [-0.25, -0.2) is 4.79 Å². The zero-order chi connectivity index (χ0) is 18.1. The summed E-state index contributed by atoms with van der Waals surface area (Å²) in [5, 5.41) is 10.6. The first-order chi connectivity index (χ1) is 10.2. The van der Waals surface area contributed by atoms with Crippen LogP contribution in [0.25, 0.3) is 0 Å². The SMILES string of the molecule is CC(C)(C)OC(=O)N1CCC[C@H]1C(O)CO[Si](C)(C)C(C)(C)C. The molecule has 1 fully saturated rings. The highest BCUT2D eigenvalue weighted by Crippen LogP contribution is 2.37. The summed E-state index contributed by atoms with van der Waals surface area (Å²) in [6.07, 6.45) is 0.674. The molecular formula is C17H35NO4Si. The van der Waals surface area contributed by atoms with E-state index in [0.717, 1.165) is 12.8 Å². The summed E-state index contributed by atoms with van der Waals surface area (Å²) in [7, 11) is -1.90. The Morgan fingerprint density at radius 2 is 1.83 bits per heavy atom. The van der Waals surface area contributed by atoms with Crippen LogP contribution < -0.4 is 0 Å². The van der Waals surface area contributed by atoms with E-state index in [1.165, 1.54) is 0 Å². The molecule has 0 spiro atoms. The van der Waals surface area contributed by atoms with Crippen molar-refractivity contribution in [2.45, 2.75) is 90.3 Å². The largest absolute Gasteiger partial charge is 0.444 e. The predicted octanol–water partition coefficient (Wildman–Crippen LogP) is 3.77. The van der Waals surface area contributed by atoms with E-state index < -0.39 is 20.0 Å². The minimum atomic E-state index is -1.90. The lowest BCUT2D eigenvalue weighted by molar-refractivity contribution is -0.00483. The monoisotopic (exact) mass is 345 g/mol. The number of carbonyl (C=O) groups is 1. The molecule has 1 amide bonds. The number of aliphatic hydroxyl groups excluding tert-OH is 1. The Labute approximate surface area is 142 Å². The van der Waals surface area contributed by atoms with Crippen LogP contribution in [0.15, 0.2) is 0 Å². The second-order valence-electron chi connectivity index (χ2n) is 9.02. The van der Waals surface area contributed by atoms with Gasteiger partial charge in [0.1, 0.15) is 5.60 Å². The maximum Gasteiger partial charge on any atom is 0.410 e. The fraction of sp³-hybridized carbons (Fsp3) is 0.941. The quantitative estimate of drug-likeness (QED) is 0.788. The van der Waals surface area contributed by atoms with Gasteiger partial charge in [0.05, 0.1) is 18.8 Å². The predicted molar refractivity (Wildman–Crippen MR) is 95.1 cm³/mol. The van der Waals surface area contributed by atoms with Gasteiger partial charge in [-0.1, -0.05) is 20.8 Å². The minimum absolute atomic E-state index is 0.104. The van der Waals surface area contributed by atoms with E-state index >= 15 is 0 Å². The van der Waals surface area contributed by atoms with Crippen LogP contribution in [0.4, 0.5) is 4.79 Å². The van der Waals surface area contributed by atoms with Gasteiger partial charge in [0.25, 0.3) is 0 Å². The fourth-order valence-electron chi connectivity index (χ4n) is 2.36. The van der Waals surface area contributed by atoms with Crippen molar-refractivity contribution in [3.8, 4) is 0 Å². The van der Waals surface area contributed by atoms with E-state index in [-0.39, 0.29) is 23.8 Å². The maximum atomic E-state index is 12.3. The number of nitrogens with zero attached hydrogens (tertiary/aromatic N) is 1. The first-order valence-corrected chi connectivity index (χ1v) is 11.5. The van der Waals surface area contributed by atoms with Crippen molar-refractivity contribution < 1.29 is 19.1 Å². The summed E-state index contributed by atoms with van der Waals surface area (Å²) in [4.78, 5) is 14.0. The van der Waals surface area contributed by atoms with Crippen LogP contribution in [-0.4, -0.2) is 55.3 Å². The van der Waals surface area contributed by atoms with E-state index in [4.69, 9.17) is 9.16 Å². The highest BCUT2D eigenvalue weighted by molar-refractivity contribution is 6.74. The van der Waals surface area contributed by atoms with Gasteiger partial charge in [0.2, 0.25) is 0 Å². The third kappa shape index (κ3) is 5.76. The molecule has 1 heterocycles. The number of rotatable bonds is 4. The molecular weight excluding hydrogens is 310 g/mol. The lowest BCUT2D eigenvalue weighted by Gasteiger charge is -2.38. The summed E-state index contributed by atoms with van der Waals surface area (Å²) < 4.78 is 11.6. The Bertz CT molecular complexity index is 412. The Balaban J connectivity index is 2.64. The van der Waals surface area contributed by atoms with Gasteiger partial charge in [0, 0.05) is 6.54 Å². The molecule has 0 aromatic heterocycles. The average Bonchev–Trinajstić information content (AvgIpc) is 2.81. The van der Waals surface area contributed by atoms with Crippen molar-refractivity contribution in [2.75, 3.05) is 13.2 Å². The normalized spacial score (nSPS) is 21.4. The van der Waals surface area contributed by atoms with Gasteiger partial charge in [0.15, 0.2) is 8.32 Å². The molecule has 1 rings (SSSR count). The van der Waals surface area contributed by atoms with Crippen molar-refractivity contribution >= 4 is 14.4 Å². The van der Waals surface area contributed by atoms with Crippen LogP contribution in [0.2, 0.25) is 18.1 Å². The molecule has 6 heteroatoms. The Hall–Kier alpha value is -0.593. The number of amides is 1. The van der Waals surface area contributed by atoms with Gasteiger partial charge >= 0.3 is 6.09 Å². The summed E-state index contributed by atoms with van der Waals surface area (Å²) in [5.41, 5.74) is -0.521. The number of hydrogen-bond donors (Lipinski definition) is 1. The smallest absolute Gasteiger partial charge is 0.410 e. The summed E-state index contributed by atoms with van der Waals surface area (Å²) in [6.45, 7) is 17.3. The van der Waals surface area contributed by atoms with Crippen LogP contribution in [-0.2, 0) is 9.16 Å². The van der Waals surface area contributed by atoms with E-state index in [1.807, 2.05) is 20.8 Å². The molecule has 0 aromatic carbocycles. The first kappa shape index (κ1) is 20.5. The van der Waals surface area contributed by atoms with Crippen molar-refractivity contribution in [3.05, 3.63) is 0 Å². The summed E-state index contributed by atoms with van der Waals surface area (Å²) in [6, 6.07) is -0.213. The van der Waals surface area contributed by atoms with Crippen molar-refractivity contribution in [1.29, 1.82) is 0 Å². The zero-order valence-electron chi connectivity index (χ0n) is 16.1. The fourth-order valence-corrected chi connectivity index (χ4v) is 3.38. The number of aliphatic hydroxyl groups is 1. The molecule has 1 unspecified atom stereocenters. The highest BCUT2D eigenvalue weighted by atomic mass is 28.4. The molecule has 23 heavy (non-hydrogen) atoms. The molecule has 1 aliphatic heterocycles. The summed E-state index contributed by atoms with van der Waals surface area (Å²) >= 11 is 0. The van der Waals surface area contributed by atoms with Crippen LogP contribution >= 0.6 is 0 Å². The van der Waals surface area contributed by atoms with Gasteiger partial charge in [-0.3, -0.25) is 0 Å². The van der Waals surface area contributed by atoms with Gasteiger partial charge in [-0.2, -0.15) is 0 Å². The van der Waals surface area contributed by atoms with Gasteiger partial charge in [-0.15, -0.1) is 0 Å². The number of carbonyl (C=O) groups excluding carboxylic acids is 1. The molecule has 0 aliphatic carbocycles. The van der Waals surface area contributed by atoms with E-state index in [9.17, 15) is 9.90 Å². The van der Waals surface area contributed by atoms with Crippen molar-refractivity contribution in [2.24, 2.45) is 0 Å². The molecule has 1 saturated heterocycles. The van der Waals surface area contributed by atoms with E-state index in [0.29, 0.717) is 6.54 Å². The zero-order valence-corrected chi connectivity index (χ0v) is 17.1. The van der Waals surface area contributed by atoms with Gasteiger partial charge < -0.3 is 19.2 Å². The second kappa shape index (κ2) is 7.11. The number of ether oxygens (including phenoxy) is 1. The molecule has 0 bridgehead atoms. The van der Waals surface area contributed by atoms with Crippen molar-refractivity contribution in [3.63, 3.8) is 0 Å². The third-order valence-electron chi connectivity index (χ3n) is 4.79. The van der Waals surface area contributed by atoms with Crippen LogP contribution in [0.5, 0.6) is 0 Å². The Morgan fingerprint density at radius 3 is 2.30 bits per heavy atom. The van der Waals surface area contributed by atoms with Crippen molar-refractivity contribution in [1.82, 2.24) is 4.90 Å². The molecule has 2 atom stereocenters. The second-order valence-corrected chi connectivity index (χ2v) is 13.8. The molecule has 1 aliphatic rings. The molecule has 1 N–H and O–H groups in total. The van der Waals surface area contributed by atoms with Crippen LogP contribution in [0.3, 0.4) is 0 Å². The molecule has 0 saturated carbocycles. The van der Waals surface area contributed by atoms with E-state index in [2.05, 4.69) is 33.9 Å². The topological polar surface area (TPSA) is 59.0 Å². The number of hydrogen-bond acceptors (Lipinski definition) is 4. The van der Waals surface area contributed by atoms with Crippen LogP contribution in [0.1, 0.15) is 54.4 Å². The summed E-state index contributed by atoms with van der Waals surface area (Å²) in [5.74, 6) is 0. The first-order valence-electron chi connectivity index (χ1n) is 8.56. The minimum Gasteiger partial charge on any atom is -0.444 e. The Morgan fingerprint density at radius 1 is 1.26 bits per heavy atom. The standard InChI is InChI=1S/C17H35NO4Si/c1-16(2,3)22-15(20)18-11-9-10-13(18)14(19)12-21-23(7,8)17(4,5)6/h13-14,19H,9-12H2,1-8H3/t13-,14?/m0/s1.